The second-order valence-corrected chi connectivity index (χ2v) is 3.93. The third-order valence-corrected chi connectivity index (χ3v) is 2.68. The Bertz CT molecular complexity index is 324. The van der Waals surface area contributed by atoms with Crippen molar-refractivity contribution in [2.45, 2.75) is 13.3 Å². The lowest BCUT2D eigenvalue weighted by atomic mass is 10.3. The highest BCUT2D eigenvalue weighted by molar-refractivity contribution is 5.54. The first-order valence-electron chi connectivity index (χ1n) is 5.93. The van der Waals surface area contributed by atoms with Crippen molar-refractivity contribution in [1.29, 1.82) is 0 Å². The number of nitrogens with zero attached hydrogens (tertiary/aromatic N) is 2. The normalized spacial score (nSPS) is 16.2. The quantitative estimate of drug-likeness (QED) is 0.840. The van der Waals surface area contributed by atoms with E-state index >= 15 is 0 Å². The zero-order valence-electron chi connectivity index (χ0n) is 9.78. The van der Waals surface area contributed by atoms with Gasteiger partial charge in [0.05, 0.1) is 13.2 Å². The van der Waals surface area contributed by atoms with Crippen LogP contribution in [0.4, 0.5) is 11.5 Å². The molecule has 0 saturated carbocycles. The fraction of sp³-hybridized carbons (Fsp3) is 0.583. The number of hydrogen-bond donors (Lipinski definition) is 1. The van der Waals surface area contributed by atoms with Crippen molar-refractivity contribution in [2.75, 3.05) is 43.1 Å². The minimum Gasteiger partial charge on any atom is -0.378 e. The molecule has 1 N–H and O–H groups in total. The lowest BCUT2D eigenvalue weighted by Gasteiger charge is -2.28. The Morgan fingerprint density at radius 1 is 1.44 bits per heavy atom. The summed E-state index contributed by atoms with van der Waals surface area (Å²) in [4.78, 5) is 6.64. The summed E-state index contributed by atoms with van der Waals surface area (Å²) in [5, 5.41) is 3.30. The lowest BCUT2D eigenvalue weighted by Crippen LogP contribution is -2.36. The van der Waals surface area contributed by atoms with Crippen LogP contribution in [0.5, 0.6) is 0 Å². The molecule has 0 spiro atoms. The monoisotopic (exact) mass is 221 g/mol. The Kier molecular flexibility index (Phi) is 3.99. The summed E-state index contributed by atoms with van der Waals surface area (Å²) < 4.78 is 5.34. The minimum atomic E-state index is 0.819. The molecular formula is C12H19N3O. The van der Waals surface area contributed by atoms with E-state index in [9.17, 15) is 0 Å². The number of ether oxygens (including phenoxy) is 1. The molecule has 0 amide bonds. The van der Waals surface area contributed by atoms with Crippen LogP contribution in [0, 0.1) is 0 Å². The Morgan fingerprint density at radius 3 is 3.00 bits per heavy atom. The zero-order chi connectivity index (χ0) is 11.2. The standard InChI is InChI=1S/C12H19N3O/c1-2-4-13-12-10-11(3-5-14-12)15-6-8-16-9-7-15/h3,5,10H,2,4,6-9H2,1H3,(H,13,14). The second-order valence-electron chi connectivity index (χ2n) is 3.93. The van der Waals surface area contributed by atoms with Crippen LogP contribution in [0.3, 0.4) is 0 Å². The van der Waals surface area contributed by atoms with Gasteiger partial charge in [0, 0.05) is 37.6 Å². The Morgan fingerprint density at radius 2 is 2.25 bits per heavy atom. The van der Waals surface area contributed by atoms with Gasteiger partial charge in [0.1, 0.15) is 5.82 Å². The smallest absolute Gasteiger partial charge is 0.127 e. The number of rotatable bonds is 4. The van der Waals surface area contributed by atoms with Crippen molar-refractivity contribution in [3.8, 4) is 0 Å². The van der Waals surface area contributed by atoms with Crippen LogP contribution in [-0.4, -0.2) is 37.8 Å². The van der Waals surface area contributed by atoms with Crippen molar-refractivity contribution < 1.29 is 4.74 Å². The molecule has 2 heterocycles. The molecule has 0 aliphatic carbocycles. The molecule has 0 unspecified atom stereocenters. The van der Waals surface area contributed by atoms with Gasteiger partial charge in [-0.05, 0) is 12.5 Å². The van der Waals surface area contributed by atoms with E-state index in [0.29, 0.717) is 0 Å². The largest absolute Gasteiger partial charge is 0.378 e. The summed E-state index contributed by atoms with van der Waals surface area (Å²) in [6, 6.07) is 4.17. The molecule has 1 aliphatic heterocycles. The van der Waals surface area contributed by atoms with Crippen molar-refractivity contribution in [1.82, 2.24) is 4.98 Å². The van der Waals surface area contributed by atoms with Crippen LogP contribution in [-0.2, 0) is 4.74 Å². The van der Waals surface area contributed by atoms with E-state index in [-0.39, 0.29) is 0 Å². The summed E-state index contributed by atoms with van der Waals surface area (Å²) >= 11 is 0. The third kappa shape index (κ3) is 2.85. The molecular weight excluding hydrogens is 202 g/mol. The van der Waals surface area contributed by atoms with Gasteiger partial charge in [0.2, 0.25) is 0 Å². The lowest BCUT2D eigenvalue weighted by molar-refractivity contribution is 0.122. The summed E-state index contributed by atoms with van der Waals surface area (Å²) in [6.45, 7) is 6.70. The molecule has 0 aromatic carbocycles. The highest BCUT2D eigenvalue weighted by Crippen LogP contribution is 2.18. The average Bonchev–Trinajstić information content (AvgIpc) is 2.38. The molecule has 4 heteroatoms. The molecule has 0 radical (unpaired) electrons. The van der Waals surface area contributed by atoms with Gasteiger partial charge in [-0.15, -0.1) is 0 Å². The van der Waals surface area contributed by atoms with Gasteiger partial charge in [-0.3, -0.25) is 0 Å². The van der Waals surface area contributed by atoms with E-state index in [4.69, 9.17) is 4.74 Å². The topological polar surface area (TPSA) is 37.4 Å². The zero-order valence-corrected chi connectivity index (χ0v) is 9.78. The maximum absolute atomic E-state index is 5.34. The van der Waals surface area contributed by atoms with Crippen molar-refractivity contribution in [2.24, 2.45) is 0 Å². The summed E-state index contributed by atoms with van der Waals surface area (Å²) in [5.41, 5.74) is 1.23. The predicted molar refractivity (Wildman–Crippen MR) is 66.0 cm³/mol. The van der Waals surface area contributed by atoms with Crippen molar-refractivity contribution in [3.05, 3.63) is 18.3 Å². The molecule has 16 heavy (non-hydrogen) atoms. The van der Waals surface area contributed by atoms with Crippen LogP contribution in [0.1, 0.15) is 13.3 Å². The molecule has 88 valence electrons. The van der Waals surface area contributed by atoms with Crippen LogP contribution in [0.15, 0.2) is 18.3 Å². The predicted octanol–water partition coefficient (Wildman–Crippen LogP) is 1.74. The van der Waals surface area contributed by atoms with Gasteiger partial charge in [0.15, 0.2) is 0 Å². The molecule has 0 atom stereocenters. The van der Waals surface area contributed by atoms with Gasteiger partial charge < -0.3 is 15.0 Å². The minimum absolute atomic E-state index is 0.819. The first-order chi connectivity index (χ1) is 7.90. The van der Waals surface area contributed by atoms with Crippen molar-refractivity contribution in [3.63, 3.8) is 0 Å². The van der Waals surface area contributed by atoms with Gasteiger partial charge in [-0.25, -0.2) is 4.98 Å². The van der Waals surface area contributed by atoms with Gasteiger partial charge in [0.25, 0.3) is 0 Å². The van der Waals surface area contributed by atoms with E-state index in [1.807, 2.05) is 6.20 Å². The highest BCUT2D eigenvalue weighted by atomic mass is 16.5. The molecule has 2 rings (SSSR count). The van der Waals surface area contributed by atoms with Crippen LogP contribution < -0.4 is 10.2 Å². The van der Waals surface area contributed by atoms with E-state index in [1.165, 1.54) is 5.69 Å². The fourth-order valence-electron chi connectivity index (χ4n) is 1.79. The van der Waals surface area contributed by atoms with Crippen LogP contribution in [0.2, 0.25) is 0 Å². The molecule has 4 nitrogen and oxygen atoms in total. The van der Waals surface area contributed by atoms with Gasteiger partial charge in [-0.2, -0.15) is 0 Å². The Balaban J connectivity index is 2.02. The molecule has 1 aromatic rings. The number of aromatic nitrogens is 1. The summed E-state index contributed by atoms with van der Waals surface area (Å²) in [7, 11) is 0. The Labute approximate surface area is 96.6 Å². The first kappa shape index (κ1) is 11.2. The maximum atomic E-state index is 5.34. The van der Waals surface area contributed by atoms with E-state index < -0.39 is 0 Å². The third-order valence-electron chi connectivity index (χ3n) is 2.68. The second kappa shape index (κ2) is 5.70. The SMILES string of the molecule is CCCNc1cc(N2CCOCC2)ccn1. The first-order valence-corrected chi connectivity index (χ1v) is 5.93. The van der Waals surface area contributed by atoms with Crippen molar-refractivity contribution >= 4 is 11.5 Å². The molecule has 1 aliphatic rings. The Hall–Kier alpha value is -1.29. The van der Waals surface area contributed by atoms with E-state index in [2.05, 4.69) is 34.3 Å². The summed E-state index contributed by atoms with van der Waals surface area (Å²) in [5.74, 6) is 0.964. The number of morpholine rings is 1. The number of anilines is 2. The fourth-order valence-corrected chi connectivity index (χ4v) is 1.79. The highest BCUT2D eigenvalue weighted by Gasteiger charge is 2.11. The van der Waals surface area contributed by atoms with E-state index in [0.717, 1.165) is 45.1 Å². The summed E-state index contributed by atoms with van der Waals surface area (Å²) in [6.07, 6.45) is 2.98. The van der Waals surface area contributed by atoms with Crippen LogP contribution in [0.25, 0.3) is 0 Å². The number of nitrogens with one attached hydrogen (secondary N) is 1. The molecule has 1 fully saturated rings. The molecule has 0 bridgehead atoms. The average molecular weight is 221 g/mol. The number of pyridine rings is 1. The van der Waals surface area contributed by atoms with Crippen LogP contribution >= 0.6 is 0 Å². The molecule has 1 aromatic heterocycles. The van der Waals surface area contributed by atoms with Gasteiger partial charge >= 0.3 is 0 Å². The molecule has 1 saturated heterocycles. The maximum Gasteiger partial charge on any atom is 0.127 e. The van der Waals surface area contributed by atoms with Gasteiger partial charge in [-0.1, -0.05) is 6.92 Å². The van der Waals surface area contributed by atoms with E-state index in [1.54, 1.807) is 0 Å². The number of hydrogen-bond acceptors (Lipinski definition) is 4.